The van der Waals surface area contributed by atoms with E-state index in [1.807, 2.05) is 13.0 Å². The molecule has 0 aliphatic heterocycles. The average Bonchev–Trinajstić information content (AvgIpc) is 3.11. The number of hydrazone groups is 1. The van der Waals surface area contributed by atoms with E-state index in [0.717, 1.165) is 23.1 Å². The van der Waals surface area contributed by atoms with Crippen LogP contribution in [-0.2, 0) is 25.1 Å². The summed E-state index contributed by atoms with van der Waals surface area (Å²) in [6.45, 7) is 12.2. The summed E-state index contributed by atoms with van der Waals surface area (Å²) in [7, 11) is 0. The van der Waals surface area contributed by atoms with E-state index in [-0.39, 0.29) is 36.7 Å². The van der Waals surface area contributed by atoms with E-state index in [1.165, 1.54) is 23.2 Å². The molecule has 0 radical (unpaired) electrons. The van der Waals surface area contributed by atoms with Crippen LogP contribution in [-0.4, -0.2) is 76.6 Å². The summed E-state index contributed by atoms with van der Waals surface area (Å²) < 4.78 is 63.8. The topological polar surface area (TPSA) is 127 Å². The first-order valence-corrected chi connectivity index (χ1v) is 16.0. The molecule has 0 saturated heterocycles. The number of alkyl halides is 3. The van der Waals surface area contributed by atoms with Gasteiger partial charge in [-0.3, -0.25) is 14.2 Å². The fourth-order valence-corrected chi connectivity index (χ4v) is 4.86. The van der Waals surface area contributed by atoms with Crippen LogP contribution in [0.15, 0.2) is 70.6 Å². The van der Waals surface area contributed by atoms with Crippen molar-refractivity contribution in [2.75, 3.05) is 64.4 Å². The molecule has 0 spiro atoms. The first kappa shape index (κ1) is 39.6. The third kappa shape index (κ3) is 11.1. The van der Waals surface area contributed by atoms with Gasteiger partial charge in [-0.05, 0) is 68.8 Å². The van der Waals surface area contributed by atoms with Gasteiger partial charge in [0.2, 0.25) is 0 Å². The monoisotopic (exact) mass is 697 g/mol. The van der Waals surface area contributed by atoms with Crippen molar-refractivity contribution in [2.45, 2.75) is 33.4 Å². The van der Waals surface area contributed by atoms with Crippen molar-refractivity contribution in [3.05, 3.63) is 99.0 Å². The van der Waals surface area contributed by atoms with E-state index in [4.69, 9.17) is 18.9 Å². The third-order valence-corrected chi connectivity index (χ3v) is 7.28. The van der Waals surface area contributed by atoms with Crippen LogP contribution in [0.3, 0.4) is 0 Å². The van der Waals surface area contributed by atoms with E-state index in [1.54, 1.807) is 44.2 Å². The molecule has 1 amide bonds. The van der Waals surface area contributed by atoms with Gasteiger partial charge in [0.25, 0.3) is 11.5 Å². The smallest absolute Gasteiger partial charge is 0.379 e. The molecule has 1 N–H and O–H groups in total. The summed E-state index contributed by atoms with van der Waals surface area (Å²) >= 11 is 0. The first-order chi connectivity index (χ1) is 24.1. The molecule has 3 aromatic rings. The Hall–Kier alpha value is -4.81. The maximum atomic E-state index is 13.8. The van der Waals surface area contributed by atoms with E-state index in [2.05, 4.69) is 17.1 Å². The molecule has 1 heterocycles. The standard InChI is InChI=1S/C36H42F3N5O6/c1-5-15-47-17-19-49-21-22-50-20-18-48-16-14-42-34(45)32-24-31(33(6-2)44(41-4)29-12-10-27(25-40)11-13-29)26(3)43(35(32)46)30-9-7-8-28(23-30)36(37,38)39/h6-13,23-24H,4-5,14-22H2,1-3H3,(H,42,45)/b33-6-. The molecule has 11 nitrogen and oxygen atoms in total. The molecule has 0 aliphatic rings. The van der Waals surface area contributed by atoms with Gasteiger partial charge in [0.05, 0.1) is 74.8 Å². The Bertz CT molecular complexity index is 1700. The number of rotatable bonds is 20. The largest absolute Gasteiger partial charge is 0.416 e. The molecule has 0 fully saturated rings. The second-order valence-corrected chi connectivity index (χ2v) is 10.7. The highest BCUT2D eigenvalue weighted by Gasteiger charge is 2.31. The molecule has 50 heavy (non-hydrogen) atoms. The Morgan fingerprint density at radius 1 is 0.960 bits per heavy atom. The number of hydrogen-bond donors (Lipinski definition) is 1. The van der Waals surface area contributed by atoms with Crippen molar-refractivity contribution in [2.24, 2.45) is 5.10 Å². The molecule has 0 atom stereocenters. The number of hydrogen-bond acceptors (Lipinski definition) is 9. The molecule has 0 saturated carbocycles. The minimum Gasteiger partial charge on any atom is -0.379 e. The van der Waals surface area contributed by atoms with Crippen molar-refractivity contribution in [1.82, 2.24) is 9.88 Å². The van der Waals surface area contributed by atoms with Gasteiger partial charge in [-0.1, -0.05) is 19.1 Å². The predicted octanol–water partition coefficient (Wildman–Crippen LogP) is 5.73. The molecule has 268 valence electrons. The maximum absolute atomic E-state index is 13.8. The third-order valence-electron chi connectivity index (χ3n) is 7.28. The zero-order chi connectivity index (χ0) is 36.5. The molecule has 14 heteroatoms. The number of anilines is 1. The van der Waals surface area contributed by atoms with Gasteiger partial charge in [-0.2, -0.15) is 23.5 Å². The number of carbonyl (C=O) groups excluding carboxylic acids is 1. The summed E-state index contributed by atoms with van der Waals surface area (Å²) in [4.78, 5) is 27.3. The van der Waals surface area contributed by atoms with Crippen LogP contribution in [0.25, 0.3) is 11.4 Å². The summed E-state index contributed by atoms with van der Waals surface area (Å²) in [5.74, 6) is -0.746. The normalized spacial score (nSPS) is 11.7. The van der Waals surface area contributed by atoms with Crippen molar-refractivity contribution in [3.8, 4) is 11.8 Å². The van der Waals surface area contributed by atoms with Crippen molar-refractivity contribution in [1.29, 1.82) is 5.26 Å². The highest BCUT2D eigenvalue weighted by atomic mass is 19.4. The fraction of sp³-hybridized carbons (Fsp3) is 0.389. The van der Waals surface area contributed by atoms with Crippen molar-refractivity contribution in [3.63, 3.8) is 0 Å². The number of ether oxygens (including phenoxy) is 4. The SMILES string of the molecule is C=NN(/C(=C\C)c1cc(C(=O)NCCOCCOCCOCCOCCC)c(=O)n(-c2cccc(C(F)(F)F)c2)c1C)c1ccc(C#N)cc1. The lowest BCUT2D eigenvalue weighted by molar-refractivity contribution is -0.137. The Kier molecular flexibility index (Phi) is 15.9. The molecule has 0 bridgehead atoms. The lowest BCUT2D eigenvalue weighted by Gasteiger charge is -2.25. The number of benzene rings is 2. The van der Waals surface area contributed by atoms with E-state index in [9.17, 15) is 28.0 Å². The summed E-state index contributed by atoms with van der Waals surface area (Å²) in [6, 6.07) is 14.2. The number of nitrogens with zero attached hydrogens (tertiary/aromatic N) is 4. The fourth-order valence-electron chi connectivity index (χ4n) is 4.86. The summed E-state index contributed by atoms with van der Waals surface area (Å²) in [5, 5.41) is 17.4. The lowest BCUT2D eigenvalue weighted by atomic mass is 10.0. The predicted molar refractivity (Wildman–Crippen MR) is 185 cm³/mol. The molecule has 3 rings (SSSR count). The molecule has 1 aromatic heterocycles. The summed E-state index contributed by atoms with van der Waals surface area (Å²) in [5.41, 5.74) is -0.269. The van der Waals surface area contributed by atoms with E-state index in [0.29, 0.717) is 62.2 Å². The van der Waals surface area contributed by atoms with Crippen LogP contribution in [0.4, 0.5) is 18.9 Å². The van der Waals surface area contributed by atoms with E-state index >= 15 is 0 Å². The van der Waals surface area contributed by atoms with Gasteiger partial charge in [0, 0.05) is 36.8 Å². The van der Waals surface area contributed by atoms with Crippen LogP contribution in [0.1, 0.15) is 53.0 Å². The number of aromatic nitrogens is 1. The minimum absolute atomic E-state index is 0.0496. The van der Waals surface area contributed by atoms with Gasteiger partial charge in [-0.25, -0.2) is 5.01 Å². The molecule has 2 aromatic carbocycles. The number of allylic oxidation sites excluding steroid dienone is 1. The Balaban J connectivity index is 1.81. The Morgan fingerprint density at radius 2 is 1.56 bits per heavy atom. The van der Waals surface area contributed by atoms with Crippen LogP contribution >= 0.6 is 0 Å². The van der Waals surface area contributed by atoms with Crippen LogP contribution < -0.4 is 15.9 Å². The van der Waals surface area contributed by atoms with Gasteiger partial charge in [-0.15, -0.1) is 0 Å². The minimum atomic E-state index is -4.67. The molecular weight excluding hydrogens is 655 g/mol. The zero-order valence-electron chi connectivity index (χ0n) is 28.4. The Labute approximate surface area is 289 Å². The Morgan fingerprint density at radius 3 is 2.10 bits per heavy atom. The number of halogens is 3. The highest BCUT2D eigenvalue weighted by molar-refractivity contribution is 5.95. The molecule has 0 aliphatic carbocycles. The molecule has 0 unspecified atom stereocenters. The second-order valence-electron chi connectivity index (χ2n) is 10.7. The van der Waals surface area contributed by atoms with Gasteiger partial charge >= 0.3 is 6.18 Å². The van der Waals surface area contributed by atoms with Crippen LogP contribution in [0, 0.1) is 18.3 Å². The highest BCUT2D eigenvalue weighted by Crippen LogP contribution is 2.32. The number of nitrogens with one attached hydrogen (secondary N) is 1. The number of carbonyl (C=O) groups is 1. The molecular formula is C36H42F3N5O6. The van der Waals surface area contributed by atoms with Crippen molar-refractivity contribution < 1.29 is 36.9 Å². The van der Waals surface area contributed by atoms with E-state index < -0.39 is 23.2 Å². The number of amides is 1. The lowest BCUT2D eigenvalue weighted by Crippen LogP contribution is -2.36. The van der Waals surface area contributed by atoms with Crippen LogP contribution in [0.5, 0.6) is 0 Å². The van der Waals surface area contributed by atoms with Gasteiger partial charge < -0.3 is 24.3 Å². The quantitative estimate of drug-likeness (QED) is 0.0902. The van der Waals surface area contributed by atoms with Gasteiger partial charge in [0.1, 0.15) is 5.56 Å². The average molecular weight is 698 g/mol. The maximum Gasteiger partial charge on any atom is 0.416 e. The van der Waals surface area contributed by atoms with Crippen molar-refractivity contribution >= 4 is 24.0 Å². The van der Waals surface area contributed by atoms with Gasteiger partial charge in [0.15, 0.2) is 0 Å². The second kappa shape index (κ2) is 20.0. The van der Waals surface area contributed by atoms with Crippen LogP contribution in [0.2, 0.25) is 0 Å². The summed E-state index contributed by atoms with van der Waals surface area (Å²) in [6.07, 6.45) is -2.04. The number of nitriles is 1. The first-order valence-electron chi connectivity index (χ1n) is 16.0. The number of pyridine rings is 1. The zero-order valence-corrected chi connectivity index (χ0v) is 28.4.